The molecular weight excluding hydrogens is 204 g/mol. The third-order valence-corrected chi connectivity index (χ3v) is 2.19. The summed E-state index contributed by atoms with van der Waals surface area (Å²) in [7, 11) is 1.52. The predicted octanol–water partition coefficient (Wildman–Crippen LogP) is 1.96. The smallest absolute Gasteiger partial charge is 0.316 e. The standard InChI is InChI=1S/C12H10N2O2/c1-16-12-13-6-11(7-14-12)10-4-2-9(8-15)3-5-10/h2-8H,1H3. The highest BCUT2D eigenvalue weighted by Gasteiger charge is 2.00. The second kappa shape index (κ2) is 4.53. The Hall–Kier alpha value is -2.23. The second-order valence-corrected chi connectivity index (χ2v) is 3.20. The molecule has 0 spiro atoms. The number of hydrogen-bond donors (Lipinski definition) is 0. The van der Waals surface area contributed by atoms with Gasteiger partial charge in [-0.25, -0.2) is 9.97 Å². The zero-order chi connectivity index (χ0) is 11.4. The van der Waals surface area contributed by atoms with Crippen molar-refractivity contribution < 1.29 is 9.53 Å². The molecule has 0 bridgehead atoms. The van der Waals surface area contributed by atoms with Crippen LogP contribution in [0.3, 0.4) is 0 Å². The van der Waals surface area contributed by atoms with Gasteiger partial charge in [0.1, 0.15) is 6.29 Å². The van der Waals surface area contributed by atoms with Crippen LogP contribution in [0.15, 0.2) is 36.7 Å². The van der Waals surface area contributed by atoms with Crippen molar-refractivity contribution in [3.05, 3.63) is 42.2 Å². The number of aldehydes is 1. The Bertz CT molecular complexity index is 477. The molecule has 1 aromatic carbocycles. The summed E-state index contributed by atoms with van der Waals surface area (Å²) in [6.07, 6.45) is 4.18. The van der Waals surface area contributed by atoms with Crippen LogP contribution in [0.4, 0.5) is 0 Å². The second-order valence-electron chi connectivity index (χ2n) is 3.20. The average molecular weight is 214 g/mol. The van der Waals surface area contributed by atoms with E-state index in [0.29, 0.717) is 11.6 Å². The van der Waals surface area contributed by atoms with Gasteiger partial charge in [-0.05, 0) is 5.56 Å². The molecule has 0 radical (unpaired) electrons. The molecule has 2 aromatic rings. The van der Waals surface area contributed by atoms with Crippen LogP contribution < -0.4 is 4.74 Å². The normalized spacial score (nSPS) is 9.81. The van der Waals surface area contributed by atoms with E-state index in [0.717, 1.165) is 17.4 Å². The van der Waals surface area contributed by atoms with E-state index >= 15 is 0 Å². The first-order chi connectivity index (χ1) is 7.83. The van der Waals surface area contributed by atoms with Crippen LogP contribution in [0.2, 0.25) is 0 Å². The lowest BCUT2D eigenvalue weighted by Gasteiger charge is -2.01. The van der Waals surface area contributed by atoms with Crippen LogP contribution in [-0.2, 0) is 0 Å². The van der Waals surface area contributed by atoms with Crippen LogP contribution in [0, 0.1) is 0 Å². The minimum absolute atomic E-state index is 0.341. The zero-order valence-corrected chi connectivity index (χ0v) is 8.75. The minimum atomic E-state index is 0.341. The van der Waals surface area contributed by atoms with Gasteiger partial charge in [0.2, 0.25) is 0 Å². The molecule has 0 aliphatic carbocycles. The largest absolute Gasteiger partial charge is 0.467 e. The lowest BCUT2D eigenvalue weighted by Crippen LogP contribution is -1.91. The number of aromatic nitrogens is 2. The molecule has 16 heavy (non-hydrogen) atoms. The molecule has 0 unspecified atom stereocenters. The summed E-state index contributed by atoms with van der Waals surface area (Å²) >= 11 is 0. The molecule has 0 aliphatic rings. The monoisotopic (exact) mass is 214 g/mol. The van der Waals surface area contributed by atoms with Gasteiger partial charge < -0.3 is 4.74 Å². The predicted molar refractivity (Wildman–Crippen MR) is 59.4 cm³/mol. The molecular formula is C12H10N2O2. The first-order valence-corrected chi connectivity index (χ1v) is 4.75. The summed E-state index contributed by atoms with van der Waals surface area (Å²) in [5.74, 6) is 0. The van der Waals surface area contributed by atoms with Crippen LogP contribution in [0.5, 0.6) is 6.01 Å². The highest BCUT2D eigenvalue weighted by Crippen LogP contribution is 2.18. The summed E-state index contributed by atoms with van der Waals surface area (Å²) in [6.45, 7) is 0. The Morgan fingerprint density at radius 3 is 2.19 bits per heavy atom. The number of carbonyl (C=O) groups is 1. The fourth-order valence-corrected chi connectivity index (χ4v) is 1.32. The number of nitrogens with zero attached hydrogens (tertiary/aromatic N) is 2. The van der Waals surface area contributed by atoms with Crippen molar-refractivity contribution in [2.45, 2.75) is 0 Å². The molecule has 4 nitrogen and oxygen atoms in total. The van der Waals surface area contributed by atoms with Crippen LogP contribution in [0.25, 0.3) is 11.1 Å². The van der Waals surface area contributed by atoms with Gasteiger partial charge in [-0.1, -0.05) is 24.3 Å². The number of rotatable bonds is 3. The third-order valence-electron chi connectivity index (χ3n) is 2.19. The van der Waals surface area contributed by atoms with E-state index in [1.807, 2.05) is 12.1 Å². The van der Waals surface area contributed by atoms with Crippen LogP contribution in [0.1, 0.15) is 10.4 Å². The molecule has 0 N–H and O–H groups in total. The van der Waals surface area contributed by atoms with Gasteiger partial charge >= 0.3 is 6.01 Å². The number of hydrogen-bond acceptors (Lipinski definition) is 4. The van der Waals surface area contributed by atoms with Gasteiger partial charge in [0, 0.05) is 23.5 Å². The SMILES string of the molecule is COc1ncc(-c2ccc(C=O)cc2)cn1. The maximum absolute atomic E-state index is 10.5. The molecule has 0 saturated carbocycles. The lowest BCUT2D eigenvalue weighted by molar-refractivity contribution is 0.112. The highest BCUT2D eigenvalue weighted by molar-refractivity contribution is 5.76. The van der Waals surface area contributed by atoms with Crippen molar-refractivity contribution in [1.29, 1.82) is 0 Å². The van der Waals surface area contributed by atoms with Crippen molar-refractivity contribution in [2.75, 3.05) is 7.11 Å². The Balaban J connectivity index is 2.31. The van der Waals surface area contributed by atoms with E-state index in [1.54, 1.807) is 24.5 Å². The summed E-state index contributed by atoms with van der Waals surface area (Å²) < 4.78 is 4.87. The number of ether oxygens (including phenoxy) is 1. The summed E-state index contributed by atoms with van der Waals surface area (Å²) in [5, 5.41) is 0. The number of methoxy groups -OCH3 is 1. The van der Waals surface area contributed by atoms with Gasteiger partial charge in [-0.2, -0.15) is 0 Å². The Morgan fingerprint density at radius 1 is 1.06 bits per heavy atom. The molecule has 0 atom stereocenters. The molecule has 0 fully saturated rings. The van der Waals surface area contributed by atoms with Crippen LogP contribution in [-0.4, -0.2) is 23.4 Å². The molecule has 80 valence electrons. The average Bonchev–Trinajstić information content (AvgIpc) is 2.39. The van der Waals surface area contributed by atoms with Gasteiger partial charge in [-0.3, -0.25) is 4.79 Å². The Kier molecular flexibility index (Phi) is 2.91. The molecule has 1 aromatic heterocycles. The molecule has 0 amide bonds. The van der Waals surface area contributed by atoms with E-state index in [2.05, 4.69) is 9.97 Å². The van der Waals surface area contributed by atoms with Gasteiger partial charge in [-0.15, -0.1) is 0 Å². The first kappa shape index (κ1) is 10.3. The summed E-state index contributed by atoms with van der Waals surface area (Å²) in [4.78, 5) is 18.5. The van der Waals surface area contributed by atoms with Crippen molar-refractivity contribution in [3.8, 4) is 17.1 Å². The van der Waals surface area contributed by atoms with E-state index in [-0.39, 0.29) is 0 Å². The van der Waals surface area contributed by atoms with Crippen molar-refractivity contribution in [2.24, 2.45) is 0 Å². The van der Waals surface area contributed by atoms with Gasteiger partial charge in [0.15, 0.2) is 0 Å². The third kappa shape index (κ3) is 2.06. The fraction of sp³-hybridized carbons (Fsp3) is 0.0833. The van der Waals surface area contributed by atoms with Gasteiger partial charge in [0.05, 0.1) is 7.11 Å². The topological polar surface area (TPSA) is 52.1 Å². The van der Waals surface area contributed by atoms with Gasteiger partial charge in [0.25, 0.3) is 0 Å². The fourth-order valence-electron chi connectivity index (χ4n) is 1.32. The van der Waals surface area contributed by atoms with E-state index in [1.165, 1.54) is 7.11 Å². The lowest BCUT2D eigenvalue weighted by atomic mass is 10.1. The maximum Gasteiger partial charge on any atom is 0.316 e. The molecule has 2 rings (SSSR count). The number of benzene rings is 1. The molecule has 4 heteroatoms. The first-order valence-electron chi connectivity index (χ1n) is 4.75. The Morgan fingerprint density at radius 2 is 1.69 bits per heavy atom. The minimum Gasteiger partial charge on any atom is -0.467 e. The quantitative estimate of drug-likeness (QED) is 0.733. The maximum atomic E-state index is 10.5. The zero-order valence-electron chi connectivity index (χ0n) is 8.75. The van der Waals surface area contributed by atoms with E-state index in [4.69, 9.17) is 4.74 Å². The summed E-state index contributed by atoms with van der Waals surface area (Å²) in [5.41, 5.74) is 2.50. The van der Waals surface area contributed by atoms with E-state index in [9.17, 15) is 4.79 Å². The molecule has 0 aliphatic heterocycles. The number of carbonyl (C=O) groups excluding carboxylic acids is 1. The summed E-state index contributed by atoms with van der Waals surface area (Å²) in [6, 6.07) is 7.57. The van der Waals surface area contributed by atoms with E-state index < -0.39 is 0 Å². The molecule has 0 saturated heterocycles. The molecule has 1 heterocycles. The van der Waals surface area contributed by atoms with Crippen molar-refractivity contribution in [1.82, 2.24) is 9.97 Å². The van der Waals surface area contributed by atoms with Crippen molar-refractivity contribution >= 4 is 6.29 Å². The van der Waals surface area contributed by atoms with Crippen molar-refractivity contribution in [3.63, 3.8) is 0 Å². The highest BCUT2D eigenvalue weighted by atomic mass is 16.5. The Labute approximate surface area is 92.9 Å². The van der Waals surface area contributed by atoms with Crippen LogP contribution >= 0.6 is 0 Å².